The molecular weight excluding hydrogens is 476 g/mol. The van der Waals surface area contributed by atoms with Crippen LogP contribution >= 0.6 is 0 Å². The Balaban J connectivity index is 1.68. The molecule has 0 aliphatic carbocycles. The standard InChI is InChI=1S/C32H34N2O4/c1-5-6-9-16-33-31(37)21-11-8-7-10-20(21)17-26-28-22(29-25(38-26)15-14-24(35)30(29)36)12-13-23-27(28)19(2)18-32(3,4)34-23/h7-8,10-15,17-18,34-36H,5-6,9,16H2,1-4H3,(H,33,37)/b26-17-. The Morgan fingerprint density at radius 2 is 1.82 bits per heavy atom. The van der Waals surface area contributed by atoms with Crippen LogP contribution in [0.1, 0.15) is 74.0 Å². The van der Waals surface area contributed by atoms with E-state index in [9.17, 15) is 15.0 Å². The number of unbranched alkanes of at least 4 members (excludes halogenated alkanes) is 2. The Morgan fingerprint density at radius 3 is 2.61 bits per heavy atom. The van der Waals surface area contributed by atoms with Gasteiger partial charge in [-0.2, -0.15) is 0 Å². The summed E-state index contributed by atoms with van der Waals surface area (Å²) in [6, 6.07) is 14.5. The van der Waals surface area contributed by atoms with Crippen molar-refractivity contribution in [2.24, 2.45) is 0 Å². The molecule has 3 aromatic rings. The molecule has 5 rings (SSSR count). The fraction of sp³-hybridized carbons (Fsp3) is 0.281. The van der Waals surface area contributed by atoms with E-state index in [1.807, 2.05) is 42.5 Å². The molecule has 0 aromatic heterocycles. The number of aromatic hydroxyl groups is 2. The van der Waals surface area contributed by atoms with Crippen LogP contribution in [0.15, 0.2) is 54.6 Å². The molecule has 6 nitrogen and oxygen atoms in total. The summed E-state index contributed by atoms with van der Waals surface area (Å²) in [6.07, 6.45) is 7.16. The zero-order chi connectivity index (χ0) is 27.0. The molecule has 0 atom stereocenters. The number of hydrogen-bond donors (Lipinski definition) is 4. The molecule has 2 aliphatic heterocycles. The maximum absolute atomic E-state index is 13.1. The van der Waals surface area contributed by atoms with Crippen LogP contribution in [-0.4, -0.2) is 28.2 Å². The molecule has 0 saturated heterocycles. The number of benzene rings is 3. The van der Waals surface area contributed by atoms with E-state index in [0.717, 1.165) is 52.8 Å². The quantitative estimate of drug-likeness (QED) is 0.208. The average Bonchev–Trinajstić information content (AvgIpc) is 2.88. The van der Waals surface area contributed by atoms with Crippen LogP contribution in [0.4, 0.5) is 5.69 Å². The minimum absolute atomic E-state index is 0.123. The first-order chi connectivity index (χ1) is 18.2. The minimum Gasteiger partial charge on any atom is -0.504 e. The number of phenols is 2. The topological polar surface area (TPSA) is 90.8 Å². The summed E-state index contributed by atoms with van der Waals surface area (Å²) >= 11 is 0. The fourth-order valence-corrected chi connectivity index (χ4v) is 5.40. The summed E-state index contributed by atoms with van der Waals surface area (Å²) in [6.45, 7) is 9.05. The second kappa shape index (κ2) is 9.93. The monoisotopic (exact) mass is 510 g/mol. The molecule has 196 valence electrons. The van der Waals surface area contributed by atoms with Gasteiger partial charge in [-0.3, -0.25) is 4.79 Å². The number of hydrogen-bond acceptors (Lipinski definition) is 5. The van der Waals surface area contributed by atoms with Gasteiger partial charge >= 0.3 is 0 Å². The number of nitrogens with one attached hydrogen (secondary N) is 2. The second-order valence-corrected chi connectivity index (χ2v) is 10.6. The summed E-state index contributed by atoms with van der Waals surface area (Å²) in [5.74, 6) is 0.448. The number of allylic oxidation sites excluding steroid dienone is 1. The van der Waals surface area contributed by atoms with E-state index in [2.05, 4.69) is 44.4 Å². The number of carbonyl (C=O) groups excluding carboxylic acids is 1. The molecule has 2 heterocycles. The molecular formula is C32H34N2O4. The van der Waals surface area contributed by atoms with Crippen molar-refractivity contribution in [3.05, 3.63) is 76.9 Å². The highest BCUT2D eigenvalue weighted by Crippen LogP contribution is 2.53. The molecule has 2 aliphatic rings. The summed E-state index contributed by atoms with van der Waals surface area (Å²) in [7, 11) is 0. The van der Waals surface area contributed by atoms with Crippen molar-refractivity contribution < 1.29 is 19.7 Å². The number of fused-ring (bicyclic) bond motifs is 5. The lowest BCUT2D eigenvalue weighted by atomic mass is 9.82. The van der Waals surface area contributed by atoms with Gasteiger partial charge in [0, 0.05) is 34.5 Å². The summed E-state index contributed by atoms with van der Waals surface area (Å²) in [5.41, 5.74) is 6.04. The van der Waals surface area contributed by atoms with E-state index in [1.54, 1.807) is 6.07 Å². The smallest absolute Gasteiger partial charge is 0.251 e. The Hall–Kier alpha value is -4.19. The van der Waals surface area contributed by atoms with Gasteiger partial charge in [0.2, 0.25) is 0 Å². The van der Waals surface area contributed by atoms with Crippen LogP contribution in [0.5, 0.6) is 17.2 Å². The lowest BCUT2D eigenvalue weighted by Crippen LogP contribution is -2.32. The molecule has 1 amide bonds. The molecule has 0 unspecified atom stereocenters. The molecule has 0 saturated carbocycles. The van der Waals surface area contributed by atoms with Crippen LogP contribution in [-0.2, 0) is 0 Å². The van der Waals surface area contributed by atoms with Crippen LogP contribution in [0.2, 0.25) is 0 Å². The van der Waals surface area contributed by atoms with E-state index in [4.69, 9.17) is 4.74 Å². The van der Waals surface area contributed by atoms with E-state index >= 15 is 0 Å². The normalized spacial score (nSPS) is 15.9. The van der Waals surface area contributed by atoms with Gasteiger partial charge in [-0.25, -0.2) is 0 Å². The van der Waals surface area contributed by atoms with Crippen molar-refractivity contribution in [1.29, 1.82) is 0 Å². The lowest BCUT2D eigenvalue weighted by Gasteiger charge is -2.35. The molecule has 3 aromatic carbocycles. The fourth-order valence-electron chi connectivity index (χ4n) is 5.40. The Labute approximate surface area is 223 Å². The summed E-state index contributed by atoms with van der Waals surface area (Å²) < 4.78 is 6.42. The van der Waals surface area contributed by atoms with Gasteiger partial charge in [-0.15, -0.1) is 0 Å². The van der Waals surface area contributed by atoms with Gasteiger partial charge in [0.15, 0.2) is 11.5 Å². The third-order valence-electron chi connectivity index (χ3n) is 7.05. The zero-order valence-electron chi connectivity index (χ0n) is 22.3. The van der Waals surface area contributed by atoms with E-state index in [1.165, 1.54) is 6.07 Å². The molecule has 0 radical (unpaired) electrons. The largest absolute Gasteiger partial charge is 0.504 e. The van der Waals surface area contributed by atoms with Gasteiger partial charge in [-0.05, 0) is 68.7 Å². The molecule has 38 heavy (non-hydrogen) atoms. The number of carbonyl (C=O) groups is 1. The zero-order valence-corrected chi connectivity index (χ0v) is 22.3. The summed E-state index contributed by atoms with van der Waals surface area (Å²) in [4.78, 5) is 13.1. The van der Waals surface area contributed by atoms with Gasteiger partial charge in [0.1, 0.15) is 11.5 Å². The third-order valence-corrected chi connectivity index (χ3v) is 7.05. The number of ether oxygens (including phenoxy) is 1. The Morgan fingerprint density at radius 1 is 1.03 bits per heavy atom. The SMILES string of the molecule is CCCCCNC(=O)c1ccccc1/C=C1\Oc2ccc(O)c(O)c2-c2ccc3c(c21)C(C)=CC(C)(C)N3. The Bertz CT molecular complexity index is 1480. The first kappa shape index (κ1) is 25.5. The van der Waals surface area contributed by atoms with Crippen molar-refractivity contribution in [2.75, 3.05) is 11.9 Å². The van der Waals surface area contributed by atoms with E-state index in [0.29, 0.717) is 29.2 Å². The van der Waals surface area contributed by atoms with Gasteiger partial charge in [0.25, 0.3) is 5.91 Å². The van der Waals surface area contributed by atoms with E-state index < -0.39 is 0 Å². The van der Waals surface area contributed by atoms with Crippen molar-refractivity contribution in [2.45, 2.75) is 52.5 Å². The predicted octanol–water partition coefficient (Wildman–Crippen LogP) is 7.18. The molecule has 0 spiro atoms. The molecule has 0 fully saturated rings. The van der Waals surface area contributed by atoms with Gasteiger partial charge in [0.05, 0.1) is 11.1 Å². The highest BCUT2D eigenvalue weighted by Gasteiger charge is 2.33. The molecule has 0 bridgehead atoms. The van der Waals surface area contributed by atoms with Crippen molar-refractivity contribution >= 4 is 29.0 Å². The highest BCUT2D eigenvalue weighted by molar-refractivity contribution is 6.04. The van der Waals surface area contributed by atoms with Gasteiger partial charge in [-0.1, -0.05) is 50.1 Å². The van der Waals surface area contributed by atoms with Crippen LogP contribution in [0.3, 0.4) is 0 Å². The Kier molecular flexibility index (Phi) is 6.66. The highest BCUT2D eigenvalue weighted by atomic mass is 16.5. The van der Waals surface area contributed by atoms with E-state index in [-0.39, 0.29) is 22.9 Å². The lowest BCUT2D eigenvalue weighted by molar-refractivity contribution is 0.0953. The first-order valence-corrected chi connectivity index (χ1v) is 13.2. The maximum atomic E-state index is 13.1. The summed E-state index contributed by atoms with van der Waals surface area (Å²) in [5, 5.41) is 27.7. The number of phenolic OH excluding ortho intramolecular Hbond substituents is 2. The predicted molar refractivity (Wildman–Crippen MR) is 153 cm³/mol. The number of anilines is 1. The van der Waals surface area contributed by atoms with Crippen molar-refractivity contribution in [1.82, 2.24) is 5.32 Å². The first-order valence-electron chi connectivity index (χ1n) is 13.2. The van der Waals surface area contributed by atoms with Crippen LogP contribution in [0.25, 0.3) is 28.5 Å². The maximum Gasteiger partial charge on any atom is 0.251 e. The van der Waals surface area contributed by atoms with Crippen molar-refractivity contribution in [3.8, 4) is 28.4 Å². The van der Waals surface area contributed by atoms with Crippen LogP contribution in [0, 0.1) is 0 Å². The number of amides is 1. The number of rotatable bonds is 6. The van der Waals surface area contributed by atoms with Crippen LogP contribution < -0.4 is 15.4 Å². The average molecular weight is 511 g/mol. The minimum atomic E-state index is -0.231. The second-order valence-electron chi connectivity index (χ2n) is 10.6. The van der Waals surface area contributed by atoms with Gasteiger partial charge < -0.3 is 25.6 Å². The molecule has 4 N–H and O–H groups in total. The third kappa shape index (κ3) is 4.62. The van der Waals surface area contributed by atoms with Crippen molar-refractivity contribution in [3.63, 3.8) is 0 Å². The molecule has 6 heteroatoms.